The van der Waals surface area contributed by atoms with E-state index >= 15 is 0 Å². The molecular formula is C30H24ClN5O4. The zero-order chi connectivity index (χ0) is 28.0. The van der Waals surface area contributed by atoms with Gasteiger partial charge >= 0.3 is 0 Å². The molecule has 0 unspecified atom stereocenters. The molecule has 0 fully saturated rings. The molecular weight excluding hydrogens is 530 g/mol. The summed E-state index contributed by atoms with van der Waals surface area (Å²) < 4.78 is 1.48. The van der Waals surface area contributed by atoms with Gasteiger partial charge in [0.15, 0.2) is 5.69 Å². The maximum atomic E-state index is 13.6. The van der Waals surface area contributed by atoms with Crippen molar-refractivity contribution in [2.24, 2.45) is 0 Å². The van der Waals surface area contributed by atoms with E-state index in [4.69, 9.17) is 11.6 Å². The van der Waals surface area contributed by atoms with Crippen molar-refractivity contribution < 1.29 is 19.8 Å². The van der Waals surface area contributed by atoms with Crippen molar-refractivity contribution in [3.05, 3.63) is 101 Å². The summed E-state index contributed by atoms with van der Waals surface area (Å²) in [6.45, 7) is 2.35. The molecule has 200 valence electrons. The van der Waals surface area contributed by atoms with Crippen LogP contribution in [0.5, 0.6) is 11.5 Å². The van der Waals surface area contributed by atoms with Crippen LogP contribution < -0.4 is 10.2 Å². The van der Waals surface area contributed by atoms with Crippen LogP contribution in [0.4, 0.5) is 11.4 Å². The number of aromatic hydroxyl groups is 2. The second-order valence-corrected chi connectivity index (χ2v) is 10.00. The predicted octanol–water partition coefficient (Wildman–Crippen LogP) is 5.38. The van der Waals surface area contributed by atoms with E-state index in [0.29, 0.717) is 35.1 Å². The molecule has 9 nitrogen and oxygen atoms in total. The largest absolute Gasteiger partial charge is 0.508 e. The zero-order valence-electron chi connectivity index (χ0n) is 21.4. The third-order valence-corrected chi connectivity index (χ3v) is 7.51. The van der Waals surface area contributed by atoms with Crippen LogP contribution >= 0.6 is 11.6 Å². The number of hydrogen-bond acceptors (Lipinski definition) is 6. The minimum Gasteiger partial charge on any atom is -0.508 e. The molecule has 1 aliphatic heterocycles. The Hall–Kier alpha value is -4.89. The summed E-state index contributed by atoms with van der Waals surface area (Å²) in [7, 11) is 0. The van der Waals surface area contributed by atoms with Crippen LogP contribution in [0.3, 0.4) is 0 Å². The smallest absolute Gasteiger partial charge is 0.280 e. The molecule has 5 aromatic rings. The highest BCUT2D eigenvalue weighted by Gasteiger charge is 2.36. The number of hydrogen-bond donors (Lipinski definition) is 3. The summed E-state index contributed by atoms with van der Waals surface area (Å²) in [5, 5.41) is 32.9. The Morgan fingerprint density at radius 1 is 1.05 bits per heavy atom. The molecule has 6 rings (SSSR count). The lowest BCUT2D eigenvalue weighted by Gasteiger charge is -2.17. The number of halogens is 1. The van der Waals surface area contributed by atoms with Crippen molar-refractivity contribution in [1.82, 2.24) is 15.0 Å². The van der Waals surface area contributed by atoms with Crippen LogP contribution in [0.2, 0.25) is 0 Å². The van der Waals surface area contributed by atoms with E-state index < -0.39 is 0 Å². The fourth-order valence-electron chi connectivity index (χ4n) is 5.16. The normalized spacial score (nSPS) is 14.3. The highest BCUT2D eigenvalue weighted by molar-refractivity contribution is 6.19. The molecule has 1 aliphatic rings. The number of amides is 2. The number of phenolic OH excluding ortho intramolecular Hbond substituents is 2. The van der Waals surface area contributed by atoms with Gasteiger partial charge in [0.2, 0.25) is 0 Å². The molecule has 2 amide bonds. The van der Waals surface area contributed by atoms with Gasteiger partial charge < -0.3 is 20.4 Å². The number of aromatic nitrogens is 3. The average Bonchev–Trinajstić information content (AvgIpc) is 3.59. The van der Waals surface area contributed by atoms with Crippen LogP contribution in [0, 0.1) is 6.92 Å². The maximum absolute atomic E-state index is 13.6. The summed E-state index contributed by atoms with van der Waals surface area (Å²) in [6, 6.07) is 20.3. The van der Waals surface area contributed by atoms with Crippen molar-refractivity contribution in [3.63, 3.8) is 0 Å². The Labute approximate surface area is 234 Å². The first-order valence-corrected chi connectivity index (χ1v) is 13.1. The van der Waals surface area contributed by atoms with Crippen molar-refractivity contribution in [2.45, 2.75) is 12.8 Å². The maximum Gasteiger partial charge on any atom is 0.280 e. The molecule has 0 saturated carbocycles. The highest BCUT2D eigenvalue weighted by Crippen LogP contribution is 2.46. The number of alkyl halides is 1. The highest BCUT2D eigenvalue weighted by atomic mass is 35.5. The number of rotatable bonds is 5. The van der Waals surface area contributed by atoms with E-state index in [1.165, 1.54) is 28.9 Å². The number of carbonyl (C=O) groups excluding carboxylic acids is 2. The number of benzene rings is 4. The van der Waals surface area contributed by atoms with Gasteiger partial charge in [0.05, 0.1) is 17.6 Å². The summed E-state index contributed by atoms with van der Waals surface area (Å²) in [5.41, 5.74) is 4.36. The van der Waals surface area contributed by atoms with Gasteiger partial charge in [0.1, 0.15) is 11.5 Å². The molecule has 0 saturated heterocycles. The second kappa shape index (κ2) is 10.0. The lowest BCUT2D eigenvalue weighted by molar-refractivity contribution is 0.0982. The van der Waals surface area contributed by atoms with Gasteiger partial charge in [0.25, 0.3) is 11.8 Å². The molecule has 1 aromatic heterocycles. The van der Waals surface area contributed by atoms with Crippen LogP contribution in [0.15, 0.2) is 79.0 Å². The Morgan fingerprint density at radius 2 is 1.80 bits per heavy atom. The summed E-state index contributed by atoms with van der Waals surface area (Å²) >= 11 is 6.34. The lowest BCUT2D eigenvalue weighted by atomic mass is 9.92. The molecule has 10 heteroatoms. The van der Waals surface area contributed by atoms with Crippen molar-refractivity contribution in [2.75, 3.05) is 22.6 Å². The van der Waals surface area contributed by atoms with E-state index in [-0.39, 0.29) is 34.9 Å². The molecule has 0 spiro atoms. The topological polar surface area (TPSA) is 121 Å². The van der Waals surface area contributed by atoms with Gasteiger partial charge in [-0.2, -0.15) is 0 Å². The van der Waals surface area contributed by atoms with Gasteiger partial charge in [-0.25, -0.2) is 4.68 Å². The fraction of sp³-hybridized carbons (Fsp3) is 0.133. The van der Waals surface area contributed by atoms with Crippen LogP contribution in [-0.4, -0.2) is 49.4 Å². The molecule has 4 aromatic carbocycles. The lowest BCUT2D eigenvalue weighted by Crippen LogP contribution is -2.30. The monoisotopic (exact) mass is 553 g/mol. The van der Waals surface area contributed by atoms with E-state index in [0.717, 1.165) is 21.9 Å². The quantitative estimate of drug-likeness (QED) is 0.251. The first kappa shape index (κ1) is 25.4. The average molecular weight is 554 g/mol. The van der Waals surface area contributed by atoms with E-state index in [1.807, 2.05) is 25.1 Å². The van der Waals surface area contributed by atoms with Gasteiger partial charge in [-0.05, 0) is 72.0 Å². The fourth-order valence-corrected chi connectivity index (χ4v) is 5.41. The zero-order valence-corrected chi connectivity index (χ0v) is 22.1. The number of nitrogens with zero attached hydrogens (tertiary/aromatic N) is 4. The standard InChI is InChI=1S/C30H24ClN5O4/c1-17-3-2-4-23-26(38)13-25-28(27(17)23)19(14-31)15-35(25)30(40)24-16-36(34-33-24)21-9-7-20(8-10-21)32-29(39)18-5-11-22(37)12-6-18/h2-13,16,19,37-38H,14-15H2,1H3,(H,32,39)/t19-/m1/s1. The number of phenols is 2. The molecule has 0 aliphatic carbocycles. The molecule has 1 atom stereocenters. The number of nitrogens with one attached hydrogen (secondary N) is 1. The van der Waals surface area contributed by atoms with E-state index in [9.17, 15) is 19.8 Å². The second-order valence-electron chi connectivity index (χ2n) is 9.69. The molecule has 0 radical (unpaired) electrons. The molecule has 3 N–H and O–H groups in total. The van der Waals surface area contributed by atoms with E-state index in [1.54, 1.807) is 41.4 Å². The van der Waals surface area contributed by atoms with Crippen LogP contribution in [0.25, 0.3) is 16.5 Å². The number of carbonyl (C=O) groups is 2. The number of aryl methyl sites for hydroxylation is 1. The number of fused-ring (bicyclic) bond motifs is 3. The van der Waals surface area contributed by atoms with Crippen molar-refractivity contribution >= 4 is 45.6 Å². The summed E-state index contributed by atoms with van der Waals surface area (Å²) in [6.07, 6.45) is 1.55. The minimum absolute atomic E-state index is 0.0844. The SMILES string of the molecule is Cc1cccc2c(O)cc3c(c12)[C@H](CCl)CN3C(=O)c1cn(-c2ccc(NC(=O)c3ccc(O)cc3)cc2)nn1. The Kier molecular flexibility index (Phi) is 6.36. The number of anilines is 2. The first-order valence-electron chi connectivity index (χ1n) is 12.6. The predicted molar refractivity (Wildman–Crippen MR) is 153 cm³/mol. The van der Waals surface area contributed by atoms with E-state index in [2.05, 4.69) is 15.6 Å². The summed E-state index contributed by atoms with van der Waals surface area (Å²) in [4.78, 5) is 27.6. The summed E-state index contributed by atoms with van der Waals surface area (Å²) in [5.74, 6) is -0.230. The Balaban J connectivity index is 1.24. The first-order chi connectivity index (χ1) is 19.3. The van der Waals surface area contributed by atoms with Gasteiger partial charge in [-0.15, -0.1) is 16.7 Å². The van der Waals surface area contributed by atoms with Crippen molar-refractivity contribution in [1.29, 1.82) is 0 Å². The molecule has 0 bridgehead atoms. The minimum atomic E-state index is -0.342. The van der Waals surface area contributed by atoms with Crippen LogP contribution in [0.1, 0.15) is 37.9 Å². The van der Waals surface area contributed by atoms with Crippen molar-refractivity contribution in [3.8, 4) is 17.2 Å². The third kappa shape index (κ3) is 4.40. The third-order valence-electron chi connectivity index (χ3n) is 7.13. The van der Waals surface area contributed by atoms with Gasteiger partial charge in [0, 0.05) is 41.0 Å². The van der Waals surface area contributed by atoms with Gasteiger partial charge in [-0.1, -0.05) is 23.4 Å². The Bertz CT molecular complexity index is 1770. The Morgan fingerprint density at radius 3 is 2.52 bits per heavy atom. The molecule has 40 heavy (non-hydrogen) atoms. The van der Waals surface area contributed by atoms with Crippen LogP contribution in [-0.2, 0) is 0 Å². The van der Waals surface area contributed by atoms with Gasteiger partial charge in [-0.3, -0.25) is 9.59 Å². The molecule has 2 heterocycles.